The van der Waals surface area contributed by atoms with Gasteiger partial charge >= 0.3 is 0 Å². The fourth-order valence-electron chi connectivity index (χ4n) is 2.57. The quantitative estimate of drug-likeness (QED) is 0.837. The maximum Gasteiger partial charge on any atom is 0.246 e. The summed E-state index contributed by atoms with van der Waals surface area (Å²) in [4.78, 5) is 11.8. The van der Waals surface area contributed by atoms with E-state index in [0.717, 1.165) is 11.1 Å². The lowest BCUT2D eigenvalue weighted by Crippen LogP contribution is -2.36. The van der Waals surface area contributed by atoms with Crippen LogP contribution in [-0.2, 0) is 16.0 Å². The van der Waals surface area contributed by atoms with Crippen molar-refractivity contribution in [3.8, 4) is 0 Å². The van der Waals surface area contributed by atoms with Gasteiger partial charge < -0.3 is 15.2 Å². The molecule has 1 saturated carbocycles. The van der Waals surface area contributed by atoms with Gasteiger partial charge in [-0.25, -0.2) is 0 Å². The summed E-state index contributed by atoms with van der Waals surface area (Å²) in [5.41, 5.74) is 2.13. The molecule has 0 aliphatic heterocycles. The monoisotopic (exact) mass is 261 g/mol. The highest BCUT2D eigenvalue weighted by Gasteiger charge is 2.31. The van der Waals surface area contributed by atoms with Crippen LogP contribution >= 0.6 is 0 Å². The molecule has 0 bridgehead atoms. The molecule has 3 rings (SSSR count). The molecule has 0 heterocycles. The molecule has 0 unspecified atom stereocenters. The number of ether oxygens (including phenoxy) is 1. The molecule has 2 atom stereocenters. The van der Waals surface area contributed by atoms with Crippen LogP contribution in [0.25, 0.3) is 0 Å². The maximum atomic E-state index is 11.8. The van der Waals surface area contributed by atoms with Crippen molar-refractivity contribution < 1.29 is 14.6 Å². The lowest BCUT2D eigenvalue weighted by atomic mass is 10.1. The van der Waals surface area contributed by atoms with Crippen molar-refractivity contribution in [2.75, 3.05) is 13.2 Å². The van der Waals surface area contributed by atoms with Crippen LogP contribution in [-0.4, -0.2) is 30.3 Å². The predicted octanol–water partition coefficient (Wildman–Crippen LogP) is 1.19. The Bertz CT molecular complexity index is 470. The molecule has 1 amide bonds. The first-order valence-electron chi connectivity index (χ1n) is 6.87. The summed E-state index contributed by atoms with van der Waals surface area (Å²) in [6, 6.07) is 7.54. The average Bonchev–Trinajstić information content (AvgIpc) is 3.16. The molecule has 2 aliphatic rings. The molecule has 4 heteroatoms. The van der Waals surface area contributed by atoms with E-state index < -0.39 is 6.10 Å². The van der Waals surface area contributed by atoms with Gasteiger partial charge in [0.15, 0.2) is 0 Å². The Balaban J connectivity index is 1.55. The van der Waals surface area contributed by atoms with Gasteiger partial charge in [-0.15, -0.1) is 0 Å². The van der Waals surface area contributed by atoms with E-state index >= 15 is 0 Å². The molecule has 1 aromatic rings. The topological polar surface area (TPSA) is 58.6 Å². The zero-order valence-corrected chi connectivity index (χ0v) is 10.8. The Morgan fingerprint density at radius 3 is 2.95 bits per heavy atom. The summed E-state index contributed by atoms with van der Waals surface area (Å²) < 4.78 is 5.36. The van der Waals surface area contributed by atoms with Gasteiger partial charge in [0, 0.05) is 6.42 Å². The van der Waals surface area contributed by atoms with Gasteiger partial charge in [0.05, 0.1) is 18.8 Å². The van der Waals surface area contributed by atoms with Crippen molar-refractivity contribution in [1.29, 1.82) is 0 Å². The summed E-state index contributed by atoms with van der Waals surface area (Å²) in [7, 11) is 0. The first kappa shape index (κ1) is 12.6. The van der Waals surface area contributed by atoms with Crippen LogP contribution in [0.3, 0.4) is 0 Å². The highest BCUT2D eigenvalue weighted by atomic mass is 16.5. The third-order valence-electron chi connectivity index (χ3n) is 3.80. The van der Waals surface area contributed by atoms with E-state index in [1.54, 1.807) is 0 Å². The van der Waals surface area contributed by atoms with Crippen LogP contribution in [0.2, 0.25) is 0 Å². The van der Waals surface area contributed by atoms with Crippen molar-refractivity contribution in [3.63, 3.8) is 0 Å². The van der Waals surface area contributed by atoms with Gasteiger partial charge in [0.2, 0.25) is 5.91 Å². The van der Waals surface area contributed by atoms with Crippen LogP contribution in [0.4, 0.5) is 0 Å². The van der Waals surface area contributed by atoms with Crippen molar-refractivity contribution >= 4 is 5.91 Å². The number of rotatable bonds is 5. The van der Waals surface area contributed by atoms with E-state index in [0.29, 0.717) is 18.9 Å². The number of carbonyl (C=O) groups is 1. The summed E-state index contributed by atoms with van der Waals surface area (Å²) in [5, 5.41) is 12.9. The number of benzene rings is 1. The highest BCUT2D eigenvalue weighted by Crippen LogP contribution is 2.31. The number of aliphatic hydroxyl groups is 1. The van der Waals surface area contributed by atoms with Crippen LogP contribution in [0.15, 0.2) is 24.3 Å². The third-order valence-corrected chi connectivity index (χ3v) is 3.80. The van der Waals surface area contributed by atoms with E-state index in [-0.39, 0.29) is 18.6 Å². The number of carbonyl (C=O) groups excluding carboxylic acids is 1. The molecule has 102 valence electrons. The summed E-state index contributed by atoms with van der Waals surface area (Å²) in [6.07, 6.45) is 2.50. The maximum absolute atomic E-state index is 11.8. The number of fused-ring (bicyclic) bond motifs is 1. The number of hydrogen-bond acceptors (Lipinski definition) is 3. The minimum Gasteiger partial charge on any atom is -0.390 e. The van der Waals surface area contributed by atoms with Crippen molar-refractivity contribution in [1.82, 2.24) is 5.32 Å². The lowest BCUT2D eigenvalue weighted by molar-refractivity contribution is -0.127. The van der Waals surface area contributed by atoms with Gasteiger partial charge in [-0.2, -0.15) is 0 Å². The molecule has 0 radical (unpaired) electrons. The van der Waals surface area contributed by atoms with Crippen LogP contribution in [0, 0.1) is 5.92 Å². The molecule has 19 heavy (non-hydrogen) atoms. The smallest absolute Gasteiger partial charge is 0.246 e. The van der Waals surface area contributed by atoms with E-state index in [1.807, 2.05) is 24.3 Å². The third kappa shape index (κ3) is 2.96. The molecule has 4 nitrogen and oxygen atoms in total. The first-order chi connectivity index (χ1) is 9.24. The molecular formula is C15H19NO3. The molecular weight excluding hydrogens is 242 g/mol. The molecule has 1 fully saturated rings. The largest absolute Gasteiger partial charge is 0.390 e. The molecule has 1 aromatic carbocycles. The zero-order chi connectivity index (χ0) is 13.2. The van der Waals surface area contributed by atoms with Gasteiger partial charge in [-0.3, -0.25) is 4.79 Å². The van der Waals surface area contributed by atoms with Crippen molar-refractivity contribution in [2.45, 2.75) is 31.4 Å². The molecule has 2 N–H and O–H groups in total. The lowest BCUT2D eigenvalue weighted by Gasteiger charge is -2.17. The van der Waals surface area contributed by atoms with Crippen LogP contribution in [0.1, 0.15) is 30.0 Å². The number of hydrogen-bond donors (Lipinski definition) is 2. The minimum atomic E-state index is -0.537. The predicted molar refractivity (Wildman–Crippen MR) is 70.6 cm³/mol. The van der Waals surface area contributed by atoms with E-state index in [2.05, 4.69) is 5.32 Å². The van der Waals surface area contributed by atoms with Crippen molar-refractivity contribution in [2.24, 2.45) is 5.92 Å². The van der Waals surface area contributed by atoms with Gasteiger partial charge in [-0.1, -0.05) is 24.3 Å². The standard InChI is InChI=1S/C15H19NO3/c17-13-7-11-3-1-2-4-12(11)15(13)16-14(18)9-19-8-10-5-6-10/h1-4,10,13,15,17H,5-9H2,(H,16,18)/t13-,15+/m0/s1. The Morgan fingerprint density at radius 2 is 2.16 bits per heavy atom. The highest BCUT2D eigenvalue weighted by molar-refractivity contribution is 5.78. The minimum absolute atomic E-state index is 0.0852. The Hall–Kier alpha value is -1.39. The number of aliphatic hydroxyl groups excluding tert-OH is 1. The molecule has 0 spiro atoms. The van der Waals surface area contributed by atoms with Gasteiger partial charge in [0.25, 0.3) is 0 Å². The Labute approximate surface area is 112 Å². The second-order valence-corrected chi connectivity index (χ2v) is 5.47. The fourth-order valence-corrected chi connectivity index (χ4v) is 2.57. The van der Waals surface area contributed by atoms with Gasteiger partial charge in [0.1, 0.15) is 6.61 Å². The van der Waals surface area contributed by atoms with Crippen LogP contribution in [0.5, 0.6) is 0 Å². The number of nitrogens with one attached hydrogen (secondary N) is 1. The fraction of sp³-hybridized carbons (Fsp3) is 0.533. The van der Waals surface area contributed by atoms with E-state index in [4.69, 9.17) is 4.74 Å². The van der Waals surface area contributed by atoms with E-state index in [1.165, 1.54) is 12.8 Å². The Kier molecular flexibility index (Phi) is 3.53. The molecule has 0 saturated heterocycles. The second-order valence-electron chi connectivity index (χ2n) is 5.47. The van der Waals surface area contributed by atoms with E-state index in [9.17, 15) is 9.90 Å². The Morgan fingerprint density at radius 1 is 1.37 bits per heavy atom. The van der Waals surface area contributed by atoms with Crippen LogP contribution < -0.4 is 5.32 Å². The van der Waals surface area contributed by atoms with Gasteiger partial charge in [-0.05, 0) is 29.9 Å². The number of amides is 1. The molecule has 2 aliphatic carbocycles. The first-order valence-corrected chi connectivity index (χ1v) is 6.87. The molecule has 0 aromatic heterocycles. The normalized spacial score (nSPS) is 25.1. The summed E-state index contributed by atoms with van der Waals surface area (Å²) in [5.74, 6) is 0.506. The SMILES string of the molecule is O=C(COCC1CC1)N[C@@H]1c2ccccc2C[C@@H]1O. The summed E-state index contributed by atoms with van der Waals surface area (Å²) in [6.45, 7) is 0.763. The second kappa shape index (κ2) is 5.31. The summed E-state index contributed by atoms with van der Waals surface area (Å²) >= 11 is 0. The zero-order valence-electron chi connectivity index (χ0n) is 10.8. The average molecular weight is 261 g/mol. The van der Waals surface area contributed by atoms with Crippen molar-refractivity contribution in [3.05, 3.63) is 35.4 Å².